The Hall–Kier alpha value is -1.29. The van der Waals surface area contributed by atoms with Crippen molar-refractivity contribution in [3.05, 3.63) is 22.8 Å². The quantitative estimate of drug-likeness (QED) is 0.924. The first-order chi connectivity index (χ1) is 9.49. The largest absolute Gasteiger partial charge is 0.476 e. The van der Waals surface area contributed by atoms with Crippen LogP contribution in [0.25, 0.3) is 0 Å². The van der Waals surface area contributed by atoms with Gasteiger partial charge in [-0.2, -0.15) is 0 Å². The van der Waals surface area contributed by atoms with Crippen LogP contribution in [0.4, 0.5) is 5.82 Å². The van der Waals surface area contributed by atoms with Gasteiger partial charge in [-0.05, 0) is 43.2 Å². The second-order valence-corrected chi connectivity index (χ2v) is 6.13. The number of anilines is 1. The lowest BCUT2D eigenvalue weighted by Gasteiger charge is -2.22. The third kappa shape index (κ3) is 3.42. The molecule has 1 saturated heterocycles. The van der Waals surface area contributed by atoms with Crippen LogP contribution in [0.5, 0.6) is 0 Å². The molecule has 1 N–H and O–H groups in total. The fraction of sp³-hybridized carbons (Fsp3) is 0.600. The number of carboxylic acid groups (broad SMARTS) is 1. The second-order valence-electron chi connectivity index (χ2n) is 5.73. The van der Waals surface area contributed by atoms with Crippen molar-refractivity contribution >= 4 is 23.4 Å². The van der Waals surface area contributed by atoms with Crippen LogP contribution < -0.4 is 4.90 Å². The number of carboxylic acids is 1. The van der Waals surface area contributed by atoms with E-state index in [1.54, 1.807) is 6.07 Å². The number of halogens is 1. The molecular weight excluding hydrogens is 276 g/mol. The van der Waals surface area contributed by atoms with Gasteiger partial charge in [-0.1, -0.05) is 25.4 Å². The molecule has 0 aliphatic carbocycles. The molecule has 0 aromatic carbocycles. The van der Waals surface area contributed by atoms with Crippen LogP contribution in [0.2, 0.25) is 5.02 Å². The van der Waals surface area contributed by atoms with Crippen molar-refractivity contribution in [3.63, 3.8) is 0 Å². The molecule has 110 valence electrons. The molecule has 2 rings (SSSR count). The number of nitrogens with zero attached hydrogens (tertiary/aromatic N) is 2. The highest BCUT2D eigenvalue weighted by atomic mass is 35.5. The van der Waals surface area contributed by atoms with E-state index in [-0.39, 0.29) is 10.7 Å². The highest BCUT2D eigenvalue weighted by Crippen LogP contribution is 2.27. The first kappa shape index (κ1) is 15.1. The molecule has 0 bridgehead atoms. The van der Waals surface area contributed by atoms with Gasteiger partial charge >= 0.3 is 5.97 Å². The number of pyridine rings is 1. The van der Waals surface area contributed by atoms with Gasteiger partial charge in [0.1, 0.15) is 5.82 Å². The minimum atomic E-state index is -1.08. The Kier molecular flexibility index (Phi) is 4.86. The van der Waals surface area contributed by atoms with Gasteiger partial charge in [0, 0.05) is 13.1 Å². The Balaban J connectivity index is 2.15. The van der Waals surface area contributed by atoms with E-state index in [1.807, 2.05) is 6.07 Å². The molecule has 0 spiro atoms. The highest BCUT2D eigenvalue weighted by molar-refractivity contribution is 6.33. The summed E-state index contributed by atoms with van der Waals surface area (Å²) in [5.41, 5.74) is -0.0613. The number of hydrogen-bond acceptors (Lipinski definition) is 3. The maximum absolute atomic E-state index is 11.1. The summed E-state index contributed by atoms with van der Waals surface area (Å²) in [6.45, 7) is 6.39. The Morgan fingerprint density at radius 3 is 2.80 bits per heavy atom. The Morgan fingerprint density at radius 1 is 1.40 bits per heavy atom. The molecule has 0 saturated carbocycles. The molecule has 1 fully saturated rings. The van der Waals surface area contributed by atoms with Crippen molar-refractivity contribution < 1.29 is 9.90 Å². The first-order valence-electron chi connectivity index (χ1n) is 7.14. The van der Waals surface area contributed by atoms with E-state index in [0.717, 1.165) is 37.7 Å². The Bertz CT molecular complexity index is 491. The Morgan fingerprint density at radius 2 is 2.15 bits per heavy atom. The van der Waals surface area contributed by atoms with Gasteiger partial charge in [-0.3, -0.25) is 0 Å². The fourth-order valence-electron chi connectivity index (χ4n) is 2.78. The third-order valence-electron chi connectivity index (χ3n) is 4.07. The lowest BCUT2D eigenvalue weighted by Crippen LogP contribution is -2.26. The van der Waals surface area contributed by atoms with Crippen molar-refractivity contribution in [2.75, 3.05) is 18.0 Å². The molecule has 1 unspecified atom stereocenters. The molecule has 0 radical (unpaired) electrons. The summed E-state index contributed by atoms with van der Waals surface area (Å²) in [5, 5.41) is 9.28. The van der Waals surface area contributed by atoms with Crippen molar-refractivity contribution in [2.45, 2.75) is 33.1 Å². The normalized spacial score (nSPS) is 20.0. The van der Waals surface area contributed by atoms with E-state index in [4.69, 9.17) is 16.7 Å². The summed E-state index contributed by atoms with van der Waals surface area (Å²) in [6, 6.07) is 3.43. The number of rotatable bonds is 3. The lowest BCUT2D eigenvalue weighted by molar-refractivity contribution is 0.0691. The number of carbonyl (C=O) groups is 1. The van der Waals surface area contributed by atoms with Crippen molar-refractivity contribution in [2.24, 2.45) is 11.8 Å². The summed E-state index contributed by atoms with van der Waals surface area (Å²) in [4.78, 5) is 17.5. The fourth-order valence-corrected chi connectivity index (χ4v) is 2.96. The topological polar surface area (TPSA) is 53.4 Å². The van der Waals surface area contributed by atoms with Crippen LogP contribution >= 0.6 is 11.6 Å². The zero-order valence-corrected chi connectivity index (χ0v) is 12.7. The van der Waals surface area contributed by atoms with Crippen LogP contribution in [0.15, 0.2) is 12.1 Å². The minimum absolute atomic E-state index is 0.0613. The zero-order valence-electron chi connectivity index (χ0n) is 12.0. The SMILES string of the molecule is CC(C)C1CCCN(c2ccc(Cl)c(C(=O)O)n2)CC1. The molecule has 1 atom stereocenters. The van der Waals surface area contributed by atoms with Crippen LogP contribution in [0.1, 0.15) is 43.6 Å². The summed E-state index contributed by atoms with van der Waals surface area (Å²) < 4.78 is 0. The molecule has 1 aromatic heterocycles. The van der Waals surface area contributed by atoms with Gasteiger partial charge in [-0.15, -0.1) is 0 Å². The molecule has 20 heavy (non-hydrogen) atoms. The Labute approximate surface area is 124 Å². The van der Waals surface area contributed by atoms with Crippen LogP contribution in [-0.2, 0) is 0 Å². The van der Waals surface area contributed by atoms with Gasteiger partial charge in [0.2, 0.25) is 0 Å². The number of aromatic nitrogens is 1. The molecule has 4 nitrogen and oxygen atoms in total. The first-order valence-corrected chi connectivity index (χ1v) is 7.51. The summed E-state index contributed by atoms with van der Waals surface area (Å²) in [7, 11) is 0. The predicted molar refractivity (Wildman–Crippen MR) is 80.6 cm³/mol. The number of hydrogen-bond donors (Lipinski definition) is 1. The van der Waals surface area contributed by atoms with Crippen molar-refractivity contribution in [3.8, 4) is 0 Å². The predicted octanol–water partition coefficient (Wildman–Crippen LogP) is 3.70. The summed E-state index contributed by atoms with van der Waals surface area (Å²) in [5.74, 6) is 1.08. The van der Waals surface area contributed by atoms with Gasteiger partial charge in [-0.25, -0.2) is 9.78 Å². The van der Waals surface area contributed by atoms with Crippen molar-refractivity contribution in [1.29, 1.82) is 0 Å². The van der Waals surface area contributed by atoms with Gasteiger partial charge in [0.15, 0.2) is 5.69 Å². The average Bonchev–Trinajstić information content (AvgIpc) is 2.64. The monoisotopic (exact) mass is 296 g/mol. The van der Waals surface area contributed by atoms with E-state index in [9.17, 15) is 4.79 Å². The van der Waals surface area contributed by atoms with E-state index < -0.39 is 5.97 Å². The van der Waals surface area contributed by atoms with Gasteiger partial charge in [0.05, 0.1) is 5.02 Å². The van der Waals surface area contributed by atoms with Crippen molar-refractivity contribution in [1.82, 2.24) is 4.98 Å². The van der Waals surface area contributed by atoms with E-state index >= 15 is 0 Å². The molecule has 1 aliphatic heterocycles. The van der Waals surface area contributed by atoms with Crippen LogP contribution in [0, 0.1) is 11.8 Å². The zero-order chi connectivity index (χ0) is 14.7. The molecule has 1 aliphatic rings. The molecule has 5 heteroatoms. The summed E-state index contributed by atoms with van der Waals surface area (Å²) in [6.07, 6.45) is 3.48. The van der Waals surface area contributed by atoms with E-state index in [2.05, 4.69) is 23.7 Å². The van der Waals surface area contributed by atoms with E-state index in [0.29, 0.717) is 5.92 Å². The van der Waals surface area contributed by atoms with Crippen LogP contribution in [0.3, 0.4) is 0 Å². The van der Waals surface area contributed by atoms with Crippen LogP contribution in [-0.4, -0.2) is 29.1 Å². The van der Waals surface area contributed by atoms with E-state index in [1.165, 1.54) is 6.42 Å². The van der Waals surface area contributed by atoms with Gasteiger partial charge in [0.25, 0.3) is 0 Å². The van der Waals surface area contributed by atoms with Gasteiger partial charge < -0.3 is 10.0 Å². The smallest absolute Gasteiger partial charge is 0.356 e. The molecular formula is C15H21ClN2O2. The maximum Gasteiger partial charge on any atom is 0.356 e. The second kappa shape index (κ2) is 6.44. The lowest BCUT2D eigenvalue weighted by atomic mass is 9.89. The minimum Gasteiger partial charge on any atom is -0.476 e. The third-order valence-corrected chi connectivity index (χ3v) is 4.38. The standard InChI is InChI=1S/C15H21ClN2O2/c1-10(2)11-4-3-8-18(9-7-11)13-6-5-12(16)14(17-13)15(19)20/h5-6,10-11H,3-4,7-9H2,1-2H3,(H,19,20). The molecule has 2 heterocycles. The highest BCUT2D eigenvalue weighted by Gasteiger charge is 2.21. The number of aromatic carboxylic acids is 1. The molecule has 1 aromatic rings. The molecule has 0 amide bonds. The summed E-state index contributed by atoms with van der Waals surface area (Å²) >= 11 is 5.87. The average molecular weight is 297 g/mol. The maximum atomic E-state index is 11.1.